The second-order valence-corrected chi connectivity index (χ2v) is 10.1. The van der Waals surface area contributed by atoms with Crippen LogP contribution in [0.3, 0.4) is 0 Å². The minimum Gasteiger partial charge on any atom is -0.388 e. The standard InChI is InChI=1S/C24H37N3O4S/c1-18(19-7-4-8-20(16-19)23(28)11-13-25)6-2-3-15-32(30,31)27-22-10-5-9-21(17-22)24(29)12-14-26/h4-5,7-10,16-18,23-24,27-29H,2-3,6,11-15,25-26H2,1H3. The molecule has 0 saturated heterocycles. The van der Waals surface area contributed by atoms with E-state index in [1.165, 1.54) is 0 Å². The van der Waals surface area contributed by atoms with E-state index >= 15 is 0 Å². The Kier molecular flexibility index (Phi) is 10.6. The number of nitrogens with two attached hydrogens (primary N) is 2. The molecule has 2 rings (SSSR count). The largest absolute Gasteiger partial charge is 0.388 e. The van der Waals surface area contributed by atoms with Crippen LogP contribution in [0, 0.1) is 0 Å². The minimum absolute atomic E-state index is 0.0323. The van der Waals surface area contributed by atoms with Crippen molar-refractivity contribution < 1.29 is 18.6 Å². The molecule has 2 aromatic rings. The van der Waals surface area contributed by atoms with Crippen molar-refractivity contribution in [3.63, 3.8) is 0 Å². The van der Waals surface area contributed by atoms with Crippen LogP contribution in [0.25, 0.3) is 0 Å². The van der Waals surface area contributed by atoms with Crippen LogP contribution in [0.1, 0.15) is 73.8 Å². The number of anilines is 1. The second-order valence-electron chi connectivity index (χ2n) is 8.30. The number of hydrogen-bond donors (Lipinski definition) is 5. The predicted molar refractivity (Wildman–Crippen MR) is 130 cm³/mol. The average Bonchev–Trinajstić information content (AvgIpc) is 2.77. The van der Waals surface area contributed by atoms with Crippen molar-refractivity contribution >= 4 is 15.7 Å². The van der Waals surface area contributed by atoms with Crippen molar-refractivity contribution in [2.75, 3.05) is 23.6 Å². The van der Waals surface area contributed by atoms with E-state index in [0.717, 1.165) is 24.0 Å². The van der Waals surface area contributed by atoms with Gasteiger partial charge in [-0.05, 0) is 73.5 Å². The number of sulfonamides is 1. The van der Waals surface area contributed by atoms with Crippen LogP contribution in [0.2, 0.25) is 0 Å². The topological polar surface area (TPSA) is 139 Å². The smallest absolute Gasteiger partial charge is 0.232 e. The lowest BCUT2D eigenvalue weighted by Gasteiger charge is -2.16. The molecule has 32 heavy (non-hydrogen) atoms. The lowest BCUT2D eigenvalue weighted by Crippen LogP contribution is -2.17. The number of rotatable bonds is 14. The lowest BCUT2D eigenvalue weighted by molar-refractivity contribution is 0.170. The number of unbranched alkanes of at least 4 members (excludes halogenated alkanes) is 1. The third-order valence-corrected chi connectivity index (χ3v) is 6.96. The number of nitrogens with one attached hydrogen (secondary N) is 1. The fourth-order valence-corrected chi connectivity index (χ4v) is 4.84. The van der Waals surface area contributed by atoms with Crippen LogP contribution in [0.5, 0.6) is 0 Å². The highest BCUT2D eigenvalue weighted by atomic mass is 32.2. The number of aliphatic hydroxyl groups is 2. The molecule has 0 heterocycles. The van der Waals surface area contributed by atoms with Gasteiger partial charge < -0.3 is 21.7 Å². The quantitative estimate of drug-likeness (QED) is 0.273. The summed E-state index contributed by atoms with van der Waals surface area (Å²) in [6.45, 7) is 2.90. The Morgan fingerprint density at radius 2 is 1.41 bits per heavy atom. The molecule has 0 aromatic heterocycles. The van der Waals surface area contributed by atoms with Gasteiger partial charge in [0.25, 0.3) is 0 Å². The van der Waals surface area contributed by atoms with Gasteiger partial charge >= 0.3 is 0 Å². The summed E-state index contributed by atoms with van der Waals surface area (Å²) in [4.78, 5) is 0. The maximum absolute atomic E-state index is 12.5. The lowest BCUT2D eigenvalue weighted by atomic mass is 9.93. The summed E-state index contributed by atoms with van der Waals surface area (Å²) in [7, 11) is -3.48. The highest BCUT2D eigenvalue weighted by Gasteiger charge is 2.14. The van der Waals surface area contributed by atoms with E-state index in [1.807, 2.05) is 24.3 Å². The first-order valence-corrected chi connectivity index (χ1v) is 12.9. The molecule has 0 fully saturated rings. The highest BCUT2D eigenvalue weighted by molar-refractivity contribution is 7.92. The first-order valence-electron chi connectivity index (χ1n) is 11.2. The van der Waals surface area contributed by atoms with Crippen LogP contribution in [0.15, 0.2) is 48.5 Å². The van der Waals surface area contributed by atoms with Crippen LogP contribution in [0.4, 0.5) is 5.69 Å². The Morgan fingerprint density at radius 1 is 0.844 bits per heavy atom. The number of benzene rings is 2. The van der Waals surface area contributed by atoms with Crippen LogP contribution >= 0.6 is 0 Å². The Bertz CT molecular complexity index is 936. The predicted octanol–water partition coefficient (Wildman–Crippen LogP) is 3.17. The van der Waals surface area contributed by atoms with Gasteiger partial charge in [0.2, 0.25) is 10.0 Å². The Morgan fingerprint density at radius 3 is 2.03 bits per heavy atom. The molecule has 3 unspecified atom stereocenters. The Hall–Kier alpha value is -1.97. The van der Waals surface area contributed by atoms with Crippen molar-refractivity contribution in [3.05, 3.63) is 65.2 Å². The molecule has 3 atom stereocenters. The first kappa shape index (κ1) is 26.3. The molecule has 0 aliphatic carbocycles. The Balaban J connectivity index is 1.84. The molecule has 0 aliphatic rings. The molecule has 0 amide bonds. The normalized spacial score (nSPS) is 14.7. The molecule has 178 valence electrons. The van der Waals surface area contributed by atoms with Gasteiger partial charge in [-0.3, -0.25) is 4.72 Å². The zero-order valence-electron chi connectivity index (χ0n) is 18.8. The molecule has 0 bridgehead atoms. The molecule has 2 aromatic carbocycles. The third-order valence-electron chi connectivity index (χ3n) is 5.59. The van der Waals surface area contributed by atoms with E-state index in [1.54, 1.807) is 24.3 Å². The maximum Gasteiger partial charge on any atom is 0.232 e. The van der Waals surface area contributed by atoms with Crippen molar-refractivity contribution in [2.45, 2.75) is 57.2 Å². The molecule has 8 heteroatoms. The minimum atomic E-state index is -3.48. The maximum atomic E-state index is 12.5. The van der Waals surface area contributed by atoms with Crippen molar-refractivity contribution in [1.82, 2.24) is 0 Å². The highest BCUT2D eigenvalue weighted by Crippen LogP contribution is 2.26. The SMILES string of the molecule is CC(CCCCS(=O)(=O)Nc1cccc(C(O)CCN)c1)c1cccc(C(O)CCN)c1. The summed E-state index contributed by atoms with van der Waals surface area (Å²) >= 11 is 0. The second kappa shape index (κ2) is 12.9. The Labute approximate surface area is 191 Å². The fourth-order valence-electron chi connectivity index (χ4n) is 3.67. The summed E-state index contributed by atoms with van der Waals surface area (Å²) < 4.78 is 27.5. The zero-order valence-corrected chi connectivity index (χ0v) is 19.6. The van der Waals surface area contributed by atoms with Crippen molar-refractivity contribution in [2.24, 2.45) is 11.5 Å². The monoisotopic (exact) mass is 463 g/mol. The number of aliphatic hydroxyl groups excluding tert-OH is 2. The average molecular weight is 464 g/mol. The molecule has 7 nitrogen and oxygen atoms in total. The summed E-state index contributed by atoms with van der Waals surface area (Å²) in [5.41, 5.74) is 14.1. The molecule has 0 saturated carbocycles. The van der Waals surface area contributed by atoms with E-state index in [4.69, 9.17) is 11.5 Å². The molecule has 0 aliphatic heterocycles. The van der Waals surface area contributed by atoms with Gasteiger partial charge in [-0.2, -0.15) is 0 Å². The van der Waals surface area contributed by atoms with Gasteiger partial charge in [-0.15, -0.1) is 0 Å². The molecule has 7 N–H and O–H groups in total. The molecular formula is C24H37N3O4S. The number of hydrogen-bond acceptors (Lipinski definition) is 6. The van der Waals surface area contributed by atoms with Gasteiger partial charge in [0, 0.05) is 5.69 Å². The van der Waals surface area contributed by atoms with Crippen LogP contribution < -0.4 is 16.2 Å². The summed E-state index contributed by atoms with van der Waals surface area (Å²) in [5, 5.41) is 20.2. The summed E-state index contributed by atoms with van der Waals surface area (Å²) in [6.07, 6.45) is 1.85. The fraction of sp³-hybridized carbons (Fsp3) is 0.500. The van der Waals surface area contributed by atoms with Gasteiger partial charge in [0.1, 0.15) is 0 Å². The van der Waals surface area contributed by atoms with Crippen molar-refractivity contribution in [3.8, 4) is 0 Å². The summed E-state index contributed by atoms with van der Waals surface area (Å²) in [5.74, 6) is 0.293. The van der Waals surface area contributed by atoms with Gasteiger partial charge in [-0.1, -0.05) is 49.7 Å². The molecule has 0 radical (unpaired) electrons. The van der Waals surface area contributed by atoms with E-state index in [2.05, 4.69) is 11.6 Å². The molecular weight excluding hydrogens is 426 g/mol. The van der Waals surface area contributed by atoms with E-state index in [9.17, 15) is 18.6 Å². The van der Waals surface area contributed by atoms with E-state index in [0.29, 0.717) is 43.6 Å². The van der Waals surface area contributed by atoms with E-state index in [-0.39, 0.29) is 11.7 Å². The third kappa shape index (κ3) is 8.52. The van der Waals surface area contributed by atoms with Crippen LogP contribution in [-0.4, -0.2) is 37.5 Å². The molecule has 0 spiro atoms. The van der Waals surface area contributed by atoms with E-state index < -0.39 is 22.2 Å². The van der Waals surface area contributed by atoms with Gasteiger partial charge in [0.05, 0.1) is 18.0 Å². The first-order chi connectivity index (χ1) is 15.3. The van der Waals surface area contributed by atoms with Gasteiger partial charge in [0.15, 0.2) is 0 Å². The van der Waals surface area contributed by atoms with Crippen LogP contribution in [-0.2, 0) is 10.0 Å². The summed E-state index contributed by atoms with van der Waals surface area (Å²) in [6, 6.07) is 14.7. The van der Waals surface area contributed by atoms with Crippen molar-refractivity contribution in [1.29, 1.82) is 0 Å². The van der Waals surface area contributed by atoms with Gasteiger partial charge in [-0.25, -0.2) is 8.42 Å². The zero-order chi connectivity index (χ0) is 23.6.